The van der Waals surface area contributed by atoms with E-state index in [2.05, 4.69) is 29.3 Å². The first-order valence-electron chi connectivity index (χ1n) is 6.15. The molecule has 1 N–H and O–H groups in total. The molecule has 1 aliphatic carbocycles. The van der Waals surface area contributed by atoms with Crippen LogP contribution in [0.2, 0.25) is 0 Å². The summed E-state index contributed by atoms with van der Waals surface area (Å²) >= 11 is 0. The summed E-state index contributed by atoms with van der Waals surface area (Å²) in [6.07, 6.45) is 7.56. The van der Waals surface area contributed by atoms with E-state index in [0.29, 0.717) is 11.5 Å². The van der Waals surface area contributed by atoms with Crippen LogP contribution in [0.5, 0.6) is 0 Å². The first-order chi connectivity index (χ1) is 7.66. The van der Waals surface area contributed by atoms with Gasteiger partial charge in [0, 0.05) is 19.0 Å². The molecule has 1 aromatic rings. The SMILES string of the molecule is CC1(C)CCCC(NCCc2ncno2)C1. The second kappa shape index (κ2) is 4.95. The van der Waals surface area contributed by atoms with Crippen molar-refractivity contribution in [1.29, 1.82) is 0 Å². The van der Waals surface area contributed by atoms with E-state index in [1.807, 2.05) is 0 Å². The molecule has 0 radical (unpaired) electrons. The Hall–Kier alpha value is -0.900. The molecule has 1 atom stereocenters. The minimum Gasteiger partial charge on any atom is -0.340 e. The second-order valence-electron chi connectivity index (χ2n) is 5.50. The van der Waals surface area contributed by atoms with Gasteiger partial charge < -0.3 is 9.84 Å². The molecule has 0 bridgehead atoms. The van der Waals surface area contributed by atoms with Crippen LogP contribution >= 0.6 is 0 Å². The number of nitrogens with zero attached hydrogens (tertiary/aromatic N) is 2. The maximum absolute atomic E-state index is 4.96. The van der Waals surface area contributed by atoms with Crippen LogP contribution in [0.15, 0.2) is 10.9 Å². The minimum absolute atomic E-state index is 0.500. The lowest BCUT2D eigenvalue weighted by atomic mass is 9.75. The predicted octanol–water partition coefficient (Wildman–Crippen LogP) is 2.17. The van der Waals surface area contributed by atoms with Crippen LogP contribution in [0, 0.1) is 5.41 Å². The summed E-state index contributed by atoms with van der Waals surface area (Å²) in [5.74, 6) is 0.725. The summed E-state index contributed by atoms with van der Waals surface area (Å²) in [4.78, 5) is 4.01. The van der Waals surface area contributed by atoms with Crippen LogP contribution in [0.3, 0.4) is 0 Å². The van der Waals surface area contributed by atoms with E-state index in [-0.39, 0.29) is 0 Å². The molecule has 16 heavy (non-hydrogen) atoms. The Morgan fingerprint density at radius 2 is 2.44 bits per heavy atom. The van der Waals surface area contributed by atoms with E-state index in [4.69, 9.17) is 4.52 Å². The molecule has 0 aliphatic heterocycles. The first kappa shape index (κ1) is 11.6. The molecule has 1 aromatic heterocycles. The Morgan fingerprint density at radius 1 is 1.56 bits per heavy atom. The van der Waals surface area contributed by atoms with Crippen molar-refractivity contribution < 1.29 is 4.52 Å². The molecule has 0 spiro atoms. The van der Waals surface area contributed by atoms with Crippen molar-refractivity contribution in [3.63, 3.8) is 0 Å². The summed E-state index contributed by atoms with van der Waals surface area (Å²) < 4.78 is 4.96. The fourth-order valence-electron chi connectivity index (χ4n) is 2.56. The van der Waals surface area contributed by atoms with Gasteiger partial charge in [0.15, 0.2) is 6.33 Å². The minimum atomic E-state index is 0.500. The third kappa shape index (κ3) is 3.30. The Labute approximate surface area is 96.8 Å². The van der Waals surface area contributed by atoms with Crippen molar-refractivity contribution in [1.82, 2.24) is 15.5 Å². The Bertz CT molecular complexity index is 308. The third-order valence-corrected chi connectivity index (χ3v) is 3.38. The highest BCUT2D eigenvalue weighted by molar-refractivity contribution is 4.84. The van der Waals surface area contributed by atoms with Crippen LogP contribution in [0.4, 0.5) is 0 Å². The van der Waals surface area contributed by atoms with Gasteiger partial charge in [-0.2, -0.15) is 4.98 Å². The lowest BCUT2D eigenvalue weighted by Gasteiger charge is -2.35. The molecular formula is C12H21N3O. The lowest BCUT2D eigenvalue weighted by Crippen LogP contribution is -2.38. The largest absolute Gasteiger partial charge is 0.340 e. The average molecular weight is 223 g/mol. The van der Waals surface area contributed by atoms with E-state index >= 15 is 0 Å². The number of nitrogens with one attached hydrogen (secondary N) is 1. The summed E-state index contributed by atoms with van der Waals surface area (Å²) in [5.41, 5.74) is 0.500. The second-order valence-corrected chi connectivity index (χ2v) is 5.50. The van der Waals surface area contributed by atoms with E-state index in [9.17, 15) is 0 Å². The summed E-state index contributed by atoms with van der Waals surface area (Å²) in [6, 6.07) is 0.659. The molecular weight excluding hydrogens is 202 g/mol. The Morgan fingerprint density at radius 3 is 3.12 bits per heavy atom. The highest BCUT2D eigenvalue weighted by Crippen LogP contribution is 2.34. The monoisotopic (exact) mass is 223 g/mol. The summed E-state index contributed by atoms with van der Waals surface area (Å²) in [5, 5.41) is 7.18. The highest BCUT2D eigenvalue weighted by atomic mass is 16.5. The third-order valence-electron chi connectivity index (χ3n) is 3.38. The molecule has 0 aromatic carbocycles. The number of hydrogen-bond acceptors (Lipinski definition) is 4. The van der Waals surface area contributed by atoms with Crippen molar-refractivity contribution in [2.24, 2.45) is 5.41 Å². The zero-order chi connectivity index (χ0) is 11.4. The normalized spacial score (nSPS) is 24.5. The number of aromatic nitrogens is 2. The van der Waals surface area contributed by atoms with Gasteiger partial charge in [0.25, 0.3) is 0 Å². The van der Waals surface area contributed by atoms with Crippen molar-refractivity contribution in [2.45, 2.75) is 52.0 Å². The molecule has 1 heterocycles. The van der Waals surface area contributed by atoms with Crippen LogP contribution in [0.25, 0.3) is 0 Å². The van der Waals surface area contributed by atoms with E-state index in [0.717, 1.165) is 18.9 Å². The van der Waals surface area contributed by atoms with E-state index < -0.39 is 0 Å². The standard InChI is InChI=1S/C12H21N3O/c1-12(2)6-3-4-10(8-12)13-7-5-11-14-9-15-16-11/h9-10,13H,3-8H2,1-2H3. The van der Waals surface area contributed by atoms with Gasteiger partial charge in [-0.1, -0.05) is 25.4 Å². The summed E-state index contributed by atoms with van der Waals surface area (Å²) in [6.45, 7) is 5.65. The van der Waals surface area contributed by atoms with Gasteiger partial charge in [-0.15, -0.1) is 0 Å². The molecule has 0 amide bonds. The molecule has 2 rings (SSSR count). The molecule has 1 fully saturated rings. The van der Waals surface area contributed by atoms with E-state index in [1.54, 1.807) is 0 Å². The number of rotatable bonds is 4. The fraction of sp³-hybridized carbons (Fsp3) is 0.833. The van der Waals surface area contributed by atoms with Crippen LogP contribution in [-0.2, 0) is 6.42 Å². The van der Waals surface area contributed by atoms with Gasteiger partial charge in [-0.3, -0.25) is 0 Å². The quantitative estimate of drug-likeness (QED) is 0.850. The Kier molecular flexibility index (Phi) is 3.59. The molecule has 90 valence electrons. The highest BCUT2D eigenvalue weighted by Gasteiger charge is 2.27. The topological polar surface area (TPSA) is 51.0 Å². The molecule has 1 unspecified atom stereocenters. The van der Waals surface area contributed by atoms with Crippen LogP contribution in [-0.4, -0.2) is 22.7 Å². The van der Waals surface area contributed by atoms with Crippen molar-refractivity contribution in [2.75, 3.05) is 6.54 Å². The smallest absolute Gasteiger partial charge is 0.227 e. The predicted molar refractivity (Wildman–Crippen MR) is 62.0 cm³/mol. The molecule has 0 saturated heterocycles. The van der Waals surface area contributed by atoms with Crippen molar-refractivity contribution >= 4 is 0 Å². The Balaban J connectivity index is 1.70. The maximum atomic E-state index is 4.96. The van der Waals surface area contributed by atoms with Gasteiger partial charge in [-0.05, 0) is 24.7 Å². The van der Waals surface area contributed by atoms with Crippen LogP contribution in [0.1, 0.15) is 45.4 Å². The van der Waals surface area contributed by atoms with Gasteiger partial charge >= 0.3 is 0 Å². The fourth-order valence-corrected chi connectivity index (χ4v) is 2.56. The molecule has 4 heteroatoms. The van der Waals surface area contributed by atoms with Crippen LogP contribution < -0.4 is 5.32 Å². The van der Waals surface area contributed by atoms with Crippen molar-refractivity contribution in [3.05, 3.63) is 12.2 Å². The van der Waals surface area contributed by atoms with E-state index in [1.165, 1.54) is 32.0 Å². The molecule has 1 saturated carbocycles. The van der Waals surface area contributed by atoms with Gasteiger partial charge in [0.2, 0.25) is 5.89 Å². The zero-order valence-electron chi connectivity index (χ0n) is 10.2. The molecule has 1 aliphatic rings. The van der Waals surface area contributed by atoms with Gasteiger partial charge in [-0.25, -0.2) is 0 Å². The van der Waals surface area contributed by atoms with Gasteiger partial charge in [0.1, 0.15) is 0 Å². The zero-order valence-corrected chi connectivity index (χ0v) is 10.2. The van der Waals surface area contributed by atoms with Gasteiger partial charge in [0.05, 0.1) is 0 Å². The lowest BCUT2D eigenvalue weighted by molar-refractivity contribution is 0.198. The maximum Gasteiger partial charge on any atom is 0.227 e. The summed E-state index contributed by atoms with van der Waals surface area (Å²) in [7, 11) is 0. The molecule has 4 nitrogen and oxygen atoms in total. The number of hydrogen-bond donors (Lipinski definition) is 1. The first-order valence-corrected chi connectivity index (χ1v) is 6.15. The average Bonchev–Trinajstić information content (AvgIpc) is 2.69. The van der Waals surface area contributed by atoms with Crippen molar-refractivity contribution in [3.8, 4) is 0 Å².